The van der Waals surface area contributed by atoms with Crippen molar-refractivity contribution in [1.82, 2.24) is 0 Å². The molecule has 1 aliphatic heterocycles. The van der Waals surface area contributed by atoms with Gasteiger partial charge in [-0.1, -0.05) is 30.3 Å². The van der Waals surface area contributed by atoms with Crippen LogP contribution in [0.15, 0.2) is 36.4 Å². The van der Waals surface area contributed by atoms with Crippen molar-refractivity contribution in [3.63, 3.8) is 0 Å². The van der Waals surface area contributed by atoms with Crippen LogP contribution in [0.4, 0.5) is 0 Å². The van der Waals surface area contributed by atoms with Crippen LogP contribution in [-0.2, 0) is 6.42 Å². The number of carbonyl (C=O) groups is 1. The van der Waals surface area contributed by atoms with Crippen molar-refractivity contribution < 1.29 is 9.53 Å². The third kappa shape index (κ3) is 1.70. The van der Waals surface area contributed by atoms with E-state index in [0.717, 1.165) is 41.8 Å². The van der Waals surface area contributed by atoms with Gasteiger partial charge in [0, 0.05) is 17.5 Å². The van der Waals surface area contributed by atoms with Crippen LogP contribution < -0.4 is 4.74 Å². The van der Waals surface area contributed by atoms with Gasteiger partial charge in [0.25, 0.3) is 0 Å². The van der Waals surface area contributed by atoms with Gasteiger partial charge < -0.3 is 4.74 Å². The van der Waals surface area contributed by atoms with E-state index in [1.165, 1.54) is 5.56 Å². The van der Waals surface area contributed by atoms with Gasteiger partial charge in [0.1, 0.15) is 12.0 Å². The molecule has 0 bridgehead atoms. The Morgan fingerprint density at radius 2 is 2.06 bits per heavy atom. The highest BCUT2D eigenvalue weighted by molar-refractivity contribution is 5.82. The van der Waals surface area contributed by atoms with Crippen LogP contribution in [0.25, 0.3) is 11.1 Å². The van der Waals surface area contributed by atoms with E-state index in [1.54, 1.807) is 0 Å². The summed E-state index contributed by atoms with van der Waals surface area (Å²) in [7, 11) is 0. The summed E-state index contributed by atoms with van der Waals surface area (Å²) in [5.74, 6) is 0.976. The Balaban J connectivity index is 2.21. The van der Waals surface area contributed by atoms with Crippen LogP contribution in [0.1, 0.15) is 21.5 Å². The number of para-hydroxylation sites is 1. The Morgan fingerprint density at radius 3 is 2.89 bits per heavy atom. The fourth-order valence-corrected chi connectivity index (χ4v) is 2.43. The topological polar surface area (TPSA) is 26.3 Å². The smallest absolute Gasteiger partial charge is 0.150 e. The molecule has 2 heteroatoms. The predicted octanol–water partition coefficient (Wildman–Crippen LogP) is 3.41. The van der Waals surface area contributed by atoms with Gasteiger partial charge >= 0.3 is 0 Å². The van der Waals surface area contributed by atoms with Crippen LogP contribution in [-0.4, -0.2) is 12.9 Å². The molecule has 0 saturated carbocycles. The average Bonchev–Trinajstić information content (AvgIpc) is 2.87. The van der Waals surface area contributed by atoms with E-state index < -0.39 is 0 Å². The van der Waals surface area contributed by atoms with Gasteiger partial charge in [-0.2, -0.15) is 0 Å². The standard InChI is InChI=1S/C16H14O2/c1-11-5-6-12(10-17)9-15(11)14-4-2-3-13-7-8-18-16(13)14/h2-6,9-10H,7-8H2,1H3. The molecule has 90 valence electrons. The van der Waals surface area contributed by atoms with Crippen molar-refractivity contribution >= 4 is 6.29 Å². The SMILES string of the molecule is Cc1ccc(C=O)cc1-c1cccc2c1OCC2. The molecule has 0 spiro atoms. The molecular weight excluding hydrogens is 224 g/mol. The van der Waals surface area contributed by atoms with E-state index in [0.29, 0.717) is 5.56 Å². The van der Waals surface area contributed by atoms with Crippen LogP contribution in [0.5, 0.6) is 5.75 Å². The first-order chi connectivity index (χ1) is 8.79. The minimum atomic E-state index is 0.700. The number of aldehydes is 1. The van der Waals surface area contributed by atoms with E-state index in [4.69, 9.17) is 4.74 Å². The zero-order valence-corrected chi connectivity index (χ0v) is 10.3. The Bertz CT molecular complexity index is 614. The third-order valence-electron chi connectivity index (χ3n) is 3.40. The zero-order valence-electron chi connectivity index (χ0n) is 10.3. The number of aryl methyl sites for hydroxylation is 1. The lowest BCUT2D eigenvalue weighted by atomic mass is 9.96. The first-order valence-corrected chi connectivity index (χ1v) is 6.10. The maximum atomic E-state index is 10.9. The van der Waals surface area contributed by atoms with E-state index in [-0.39, 0.29) is 0 Å². The molecule has 1 aliphatic rings. The Morgan fingerprint density at radius 1 is 1.17 bits per heavy atom. The van der Waals surface area contributed by atoms with Gasteiger partial charge in [-0.3, -0.25) is 4.79 Å². The highest BCUT2D eigenvalue weighted by Gasteiger charge is 2.17. The lowest BCUT2D eigenvalue weighted by Gasteiger charge is -2.11. The molecule has 0 radical (unpaired) electrons. The highest BCUT2D eigenvalue weighted by Crippen LogP contribution is 2.38. The quantitative estimate of drug-likeness (QED) is 0.749. The van der Waals surface area contributed by atoms with Gasteiger partial charge in [0.2, 0.25) is 0 Å². The number of fused-ring (bicyclic) bond motifs is 1. The minimum Gasteiger partial charge on any atom is -0.492 e. The number of hydrogen-bond acceptors (Lipinski definition) is 2. The molecule has 0 amide bonds. The summed E-state index contributed by atoms with van der Waals surface area (Å²) in [4.78, 5) is 10.9. The lowest BCUT2D eigenvalue weighted by molar-refractivity contribution is 0.112. The van der Waals surface area contributed by atoms with Gasteiger partial charge in [-0.25, -0.2) is 0 Å². The van der Waals surface area contributed by atoms with Crippen molar-refractivity contribution in [2.45, 2.75) is 13.3 Å². The van der Waals surface area contributed by atoms with E-state index in [1.807, 2.05) is 18.2 Å². The molecule has 1 heterocycles. The van der Waals surface area contributed by atoms with E-state index >= 15 is 0 Å². The lowest BCUT2D eigenvalue weighted by Crippen LogP contribution is -1.91. The summed E-state index contributed by atoms with van der Waals surface area (Å²) in [5, 5.41) is 0. The molecule has 3 rings (SSSR count). The fraction of sp³-hybridized carbons (Fsp3) is 0.188. The van der Waals surface area contributed by atoms with Gasteiger partial charge in [0.15, 0.2) is 0 Å². The van der Waals surface area contributed by atoms with Crippen LogP contribution in [0.3, 0.4) is 0 Å². The summed E-state index contributed by atoms with van der Waals surface area (Å²) in [6.45, 7) is 2.80. The summed E-state index contributed by atoms with van der Waals surface area (Å²) < 4.78 is 5.72. The fourth-order valence-electron chi connectivity index (χ4n) is 2.43. The predicted molar refractivity (Wildman–Crippen MR) is 71.2 cm³/mol. The summed E-state index contributed by atoms with van der Waals surface area (Å²) in [5.41, 5.74) is 5.28. The molecule has 18 heavy (non-hydrogen) atoms. The molecular formula is C16H14O2. The normalized spacial score (nSPS) is 12.9. The van der Waals surface area contributed by atoms with Gasteiger partial charge in [-0.15, -0.1) is 0 Å². The third-order valence-corrected chi connectivity index (χ3v) is 3.40. The minimum absolute atomic E-state index is 0.700. The van der Waals surface area contributed by atoms with Crippen LogP contribution in [0.2, 0.25) is 0 Å². The molecule has 2 aromatic carbocycles. The second-order valence-corrected chi connectivity index (χ2v) is 4.58. The van der Waals surface area contributed by atoms with Gasteiger partial charge in [-0.05, 0) is 29.7 Å². The molecule has 0 unspecified atom stereocenters. The van der Waals surface area contributed by atoms with Crippen molar-refractivity contribution in [2.75, 3.05) is 6.61 Å². The van der Waals surface area contributed by atoms with Crippen molar-refractivity contribution in [1.29, 1.82) is 0 Å². The first kappa shape index (κ1) is 11.0. The number of hydrogen-bond donors (Lipinski definition) is 0. The zero-order chi connectivity index (χ0) is 12.5. The molecule has 0 saturated heterocycles. The number of benzene rings is 2. The van der Waals surface area contributed by atoms with Crippen molar-refractivity contribution in [2.24, 2.45) is 0 Å². The van der Waals surface area contributed by atoms with Crippen LogP contribution in [0, 0.1) is 6.92 Å². The second kappa shape index (κ2) is 4.30. The second-order valence-electron chi connectivity index (χ2n) is 4.58. The molecule has 0 N–H and O–H groups in total. The maximum absolute atomic E-state index is 10.9. The molecule has 0 fully saturated rings. The molecule has 2 aromatic rings. The first-order valence-electron chi connectivity index (χ1n) is 6.10. The van der Waals surface area contributed by atoms with Crippen molar-refractivity contribution in [3.8, 4) is 16.9 Å². The monoisotopic (exact) mass is 238 g/mol. The molecule has 0 aromatic heterocycles. The van der Waals surface area contributed by atoms with Gasteiger partial charge in [0.05, 0.1) is 6.61 Å². The maximum Gasteiger partial charge on any atom is 0.150 e. The van der Waals surface area contributed by atoms with Crippen LogP contribution >= 0.6 is 0 Å². The number of rotatable bonds is 2. The summed E-state index contributed by atoms with van der Waals surface area (Å²) >= 11 is 0. The molecule has 2 nitrogen and oxygen atoms in total. The Hall–Kier alpha value is -2.09. The largest absolute Gasteiger partial charge is 0.492 e. The molecule has 0 atom stereocenters. The Labute approximate surface area is 106 Å². The van der Waals surface area contributed by atoms with Crippen molar-refractivity contribution in [3.05, 3.63) is 53.1 Å². The Kier molecular flexibility index (Phi) is 2.63. The number of ether oxygens (including phenoxy) is 1. The summed E-state index contributed by atoms with van der Waals surface area (Å²) in [6.07, 6.45) is 1.85. The van der Waals surface area contributed by atoms with E-state index in [2.05, 4.69) is 25.1 Å². The van der Waals surface area contributed by atoms with E-state index in [9.17, 15) is 4.79 Å². The average molecular weight is 238 g/mol. The summed E-state index contributed by atoms with van der Waals surface area (Å²) in [6, 6.07) is 12.0. The molecule has 0 aliphatic carbocycles. The highest BCUT2D eigenvalue weighted by atomic mass is 16.5. The number of carbonyl (C=O) groups excluding carboxylic acids is 1.